The van der Waals surface area contributed by atoms with Crippen LogP contribution in [0.1, 0.15) is 28.0 Å². The molecule has 1 aromatic carbocycles. The highest BCUT2D eigenvalue weighted by Crippen LogP contribution is 2.21. The molecule has 0 radical (unpaired) electrons. The van der Waals surface area contributed by atoms with Crippen LogP contribution in [0.15, 0.2) is 54.9 Å². The van der Waals surface area contributed by atoms with Gasteiger partial charge in [-0.2, -0.15) is 0 Å². The van der Waals surface area contributed by atoms with Crippen molar-refractivity contribution in [1.82, 2.24) is 14.7 Å². The summed E-state index contributed by atoms with van der Waals surface area (Å²) in [6.07, 6.45) is 6.58. The molecule has 2 aromatic heterocycles. The molecule has 1 atom stereocenters. The second kappa shape index (κ2) is 5.30. The predicted molar refractivity (Wildman–Crippen MR) is 84.9 cm³/mol. The molecule has 110 valence electrons. The summed E-state index contributed by atoms with van der Waals surface area (Å²) >= 11 is 0. The van der Waals surface area contributed by atoms with Crippen LogP contribution in [0, 0.1) is 0 Å². The van der Waals surface area contributed by atoms with Gasteiger partial charge in [-0.1, -0.05) is 30.3 Å². The fourth-order valence-electron chi connectivity index (χ4n) is 3.12. The molecule has 4 heteroatoms. The number of aryl methyl sites for hydroxylation is 1. The number of fused-ring (bicyclic) bond motifs is 2. The van der Waals surface area contributed by atoms with Crippen molar-refractivity contribution in [3.63, 3.8) is 0 Å². The number of imidazole rings is 1. The van der Waals surface area contributed by atoms with Crippen molar-refractivity contribution in [2.24, 2.45) is 0 Å². The lowest BCUT2D eigenvalue weighted by molar-refractivity contribution is 0.0929. The van der Waals surface area contributed by atoms with Crippen LogP contribution >= 0.6 is 0 Å². The molecule has 0 unspecified atom stereocenters. The molecule has 0 saturated heterocycles. The van der Waals surface area contributed by atoms with Crippen molar-refractivity contribution in [1.29, 1.82) is 0 Å². The molecule has 0 bridgehead atoms. The van der Waals surface area contributed by atoms with E-state index in [4.69, 9.17) is 0 Å². The quantitative estimate of drug-likeness (QED) is 0.789. The minimum absolute atomic E-state index is 0.0897. The number of amides is 1. The first-order valence-corrected chi connectivity index (χ1v) is 7.61. The van der Waals surface area contributed by atoms with E-state index in [1.165, 1.54) is 11.1 Å². The van der Waals surface area contributed by atoms with Gasteiger partial charge in [0.15, 0.2) is 0 Å². The minimum atomic E-state index is -0.0897. The number of aromatic nitrogens is 2. The highest BCUT2D eigenvalue weighted by atomic mass is 16.2. The van der Waals surface area contributed by atoms with E-state index in [9.17, 15) is 4.79 Å². The Hall–Kier alpha value is -2.62. The van der Waals surface area contributed by atoms with E-state index < -0.39 is 0 Å². The second-order valence-electron chi connectivity index (χ2n) is 5.77. The Morgan fingerprint density at radius 3 is 2.82 bits per heavy atom. The zero-order chi connectivity index (χ0) is 14.9. The standard InChI is InChI=1S/C18H17N3O/c22-18(16-12-21-10-4-3-7-17(21)20-16)19-15-9-8-13-5-1-2-6-14(13)11-15/h1-7,10,12,15H,8-9,11H2,(H,19,22)/t15-/m0/s1. The molecule has 4 rings (SSSR count). The average molecular weight is 291 g/mol. The third kappa shape index (κ3) is 2.37. The fraction of sp³-hybridized carbons (Fsp3) is 0.222. The largest absolute Gasteiger partial charge is 0.348 e. The molecule has 2 heterocycles. The summed E-state index contributed by atoms with van der Waals surface area (Å²) in [5.74, 6) is -0.0897. The Morgan fingerprint density at radius 1 is 1.14 bits per heavy atom. The first kappa shape index (κ1) is 13.1. The Labute approximate surface area is 128 Å². The zero-order valence-corrected chi connectivity index (χ0v) is 12.2. The fourth-order valence-corrected chi connectivity index (χ4v) is 3.12. The number of nitrogens with one attached hydrogen (secondary N) is 1. The lowest BCUT2D eigenvalue weighted by atomic mass is 9.88. The van der Waals surface area contributed by atoms with Crippen LogP contribution in [0.2, 0.25) is 0 Å². The number of hydrogen-bond acceptors (Lipinski definition) is 2. The van der Waals surface area contributed by atoms with E-state index in [0.29, 0.717) is 5.69 Å². The van der Waals surface area contributed by atoms with Gasteiger partial charge in [-0.05, 0) is 42.5 Å². The van der Waals surface area contributed by atoms with Gasteiger partial charge in [0.2, 0.25) is 0 Å². The van der Waals surface area contributed by atoms with Gasteiger partial charge in [0.25, 0.3) is 5.91 Å². The maximum atomic E-state index is 12.4. The molecule has 22 heavy (non-hydrogen) atoms. The molecule has 0 aliphatic heterocycles. The highest BCUT2D eigenvalue weighted by Gasteiger charge is 2.21. The third-order valence-corrected chi connectivity index (χ3v) is 4.28. The van der Waals surface area contributed by atoms with Gasteiger partial charge in [-0.25, -0.2) is 4.98 Å². The Balaban J connectivity index is 1.50. The van der Waals surface area contributed by atoms with Crippen LogP contribution in [-0.4, -0.2) is 21.3 Å². The molecule has 1 amide bonds. The summed E-state index contributed by atoms with van der Waals surface area (Å²) in [4.78, 5) is 16.8. The van der Waals surface area contributed by atoms with E-state index >= 15 is 0 Å². The van der Waals surface area contributed by atoms with Gasteiger partial charge in [0.1, 0.15) is 11.3 Å². The Bertz CT molecular complexity index is 804. The van der Waals surface area contributed by atoms with Crippen LogP contribution in [-0.2, 0) is 12.8 Å². The Kier molecular flexibility index (Phi) is 3.15. The number of nitrogens with zero attached hydrogens (tertiary/aromatic N) is 2. The summed E-state index contributed by atoms with van der Waals surface area (Å²) in [5.41, 5.74) is 4.02. The lowest BCUT2D eigenvalue weighted by Gasteiger charge is -2.25. The van der Waals surface area contributed by atoms with Crippen molar-refractivity contribution in [2.75, 3.05) is 0 Å². The number of benzene rings is 1. The van der Waals surface area contributed by atoms with Crippen molar-refractivity contribution in [2.45, 2.75) is 25.3 Å². The topological polar surface area (TPSA) is 46.4 Å². The van der Waals surface area contributed by atoms with E-state index in [2.05, 4.69) is 34.6 Å². The summed E-state index contributed by atoms with van der Waals surface area (Å²) in [6, 6.07) is 14.4. The molecular formula is C18H17N3O. The van der Waals surface area contributed by atoms with Crippen LogP contribution in [0.5, 0.6) is 0 Å². The maximum absolute atomic E-state index is 12.4. The van der Waals surface area contributed by atoms with E-state index in [1.807, 2.05) is 28.8 Å². The maximum Gasteiger partial charge on any atom is 0.271 e. The van der Waals surface area contributed by atoms with Gasteiger partial charge in [-0.3, -0.25) is 4.79 Å². The van der Waals surface area contributed by atoms with E-state index in [-0.39, 0.29) is 11.9 Å². The molecule has 3 aromatic rings. The van der Waals surface area contributed by atoms with Gasteiger partial charge in [0, 0.05) is 18.4 Å². The Morgan fingerprint density at radius 2 is 1.95 bits per heavy atom. The van der Waals surface area contributed by atoms with Gasteiger partial charge >= 0.3 is 0 Å². The van der Waals surface area contributed by atoms with Crippen molar-refractivity contribution < 1.29 is 4.79 Å². The van der Waals surface area contributed by atoms with Crippen molar-refractivity contribution in [3.05, 3.63) is 71.7 Å². The summed E-state index contributed by atoms with van der Waals surface area (Å²) in [7, 11) is 0. The lowest BCUT2D eigenvalue weighted by Crippen LogP contribution is -2.39. The summed E-state index contributed by atoms with van der Waals surface area (Å²) in [6.45, 7) is 0. The number of hydrogen-bond donors (Lipinski definition) is 1. The third-order valence-electron chi connectivity index (χ3n) is 4.28. The number of pyridine rings is 1. The molecule has 1 aliphatic rings. The molecule has 4 nitrogen and oxygen atoms in total. The van der Waals surface area contributed by atoms with Gasteiger partial charge in [0.05, 0.1) is 0 Å². The molecule has 0 spiro atoms. The minimum Gasteiger partial charge on any atom is -0.348 e. The predicted octanol–water partition coefficient (Wildman–Crippen LogP) is 2.62. The SMILES string of the molecule is O=C(N[C@H]1CCc2ccccc2C1)c1cn2ccccc2n1. The first-order chi connectivity index (χ1) is 10.8. The number of carbonyl (C=O) groups is 1. The molecule has 0 saturated carbocycles. The smallest absolute Gasteiger partial charge is 0.271 e. The van der Waals surface area contributed by atoms with E-state index in [1.54, 1.807) is 6.20 Å². The average Bonchev–Trinajstić information content (AvgIpc) is 2.99. The molecule has 1 aliphatic carbocycles. The van der Waals surface area contributed by atoms with Gasteiger partial charge in [-0.15, -0.1) is 0 Å². The second-order valence-corrected chi connectivity index (χ2v) is 5.77. The van der Waals surface area contributed by atoms with E-state index in [0.717, 1.165) is 24.9 Å². The number of rotatable bonds is 2. The highest BCUT2D eigenvalue weighted by molar-refractivity contribution is 5.93. The molecule has 0 fully saturated rings. The zero-order valence-electron chi connectivity index (χ0n) is 12.2. The normalized spacial score (nSPS) is 17.2. The summed E-state index contributed by atoms with van der Waals surface area (Å²) < 4.78 is 1.87. The monoisotopic (exact) mass is 291 g/mol. The van der Waals surface area contributed by atoms with Gasteiger partial charge < -0.3 is 9.72 Å². The number of carbonyl (C=O) groups excluding carboxylic acids is 1. The van der Waals surface area contributed by atoms with Crippen LogP contribution in [0.4, 0.5) is 0 Å². The van der Waals surface area contributed by atoms with Crippen LogP contribution in [0.3, 0.4) is 0 Å². The molecular weight excluding hydrogens is 274 g/mol. The van der Waals surface area contributed by atoms with Crippen LogP contribution < -0.4 is 5.32 Å². The molecule has 1 N–H and O–H groups in total. The van der Waals surface area contributed by atoms with Crippen LogP contribution in [0.25, 0.3) is 5.65 Å². The van der Waals surface area contributed by atoms with Crippen molar-refractivity contribution in [3.8, 4) is 0 Å². The summed E-state index contributed by atoms with van der Waals surface area (Å²) in [5, 5.41) is 3.12. The van der Waals surface area contributed by atoms with Crippen molar-refractivity contribution >= 4 is 11.6 Å². The first-order valence-electron chi connectivity index (χ1n) is 7.61.